The van der Waals surface area contributed by atoms with Gasteiger partial charge in [-0.25, -0.2) is 0 Å². The van der Waals surface area contributed by atoms with E-state index in [1.807, 2.05) is 13.8 Å². The van der Waals surface area contributed by atoms with Gasteiger partial charge in [-0.2, -0.15) is 0 Å². The predicted molar refractivity (Wildman–Crippen MR) is 55.9 cm³/mol. The molecule has 0 atom stereocenters. The molecule has 0 spiro atoms. The molecule has 72 valence electrons. The minimum atomic E-state index is -0.609. The predicted octanol–water partition coefficient (Wildman–Crippen LogP) is 2.62. The van der Waals surface area contributed by atoms with Crippen molar-refractivity contribution in [3.8, 4) is 0 Å². The van der Waals surface area contributed by atoms with E-state index in [9.17, 15) is 5.11 Å². The summed E-state index contributed by atoms with van der Waals surface area (Å²) in [5, 5.41) is 9.63. The van der Waals surface area contributed by atoms with Crippen molar-refractivity contribution in [2.24, 2.45) is 0 Å². The van der Waals surface area contributed by atoms with Gasteiger partial charge in [0.15, 0.2) is 0 Å². The van der Waals surface area contributed by atoms with Crippen molar-refractivity contribution in [2.45, 2.75) is 39.7 Å². The highest BCUT2D eigenvalue weighted by Crippen LogP contribution is 2.15. The quantitative estimate of drug-likeness (QED) is 0.738. The van der Waals surface area contributed by atoms with Crippen molar-refractivity contribution >= 4 is 0 Å². The highest BCUT2D eigenvalue weighted by atomic mass is 16.3. The van der Waals surface area contributed by atoms with Crippen LogP contribution in [0.2, 0.25) is 0 Å². The lowest BCUT2D eigenvalue weighted by Crippen LogP contribution is -2.21. The number of hydrogen-bond donors (Lipinski definition) is 1. The number of hydrogen-bond acceptors (Lipinski definition) is 1. The Hall–Kier alpha value is -0.820. The molecular formula is C12H18O. The molecule has 0 heterocycles. The van der Waals surface area contributed by atoms with E-state index < -0.39 is 5.60 Å². The smallest absolute Gasteiger partial charge is 0.0631 e. The van der Waals surface area contributed by atoms with Gasteiger partial charge in [0.1, 0.15) is 0 Å². The van der Waals surface area contributed by atoms with Crippen molar-refractivity contribution in [2.75, 3.05) is 0 Å². The summed E-state index contributed by atoms with van der Waals surface area (Å²) >= 11 is 0. The molecule has 1 aromatic carbocycles. The van der Waals surface area contributed by atoms with Crippen LogP contribution in [0.3, 0.4) is 0 Å². The van der Waals surface area contributed by atoms with Crippen LogP contribution in [0.5, 0.6) is 0 Å². The Morgan fingerprint density at radius 3 is 2.23 bits per heavy atom. The molecule has 1 nitrogen and oxygen atoms in total. The third-order valence-corrected chi connectivity index (χ3v) is 2.21. The summed E-state index contributed by atoms with van der Waals surface area (Å²) in [4.78, 5) is 0. The van der Waals surface area contributed by atoms with Gasteiger partial charge < -0.3 is 5.11 Å². The lowest BCUT2D eigenvalue weighted by atomic mass is 9.96. The normalized spacial score (nSPS) is 11.8. The molecule has 13 heavy (non-hydrogen) atoms. The van der Waals surface area contributed by atoms with E-state index in [1.165, 1.54) is 16.7 Å². The zero-order valence-corrected chi connectivity index (χ0v) is 8.89. The van der Waals surface area contributed by atoms with E-state index in [-0.39, 0.29) is 0 Å². The van der Waals surface area contributed by atoms with Gasteiger partial charge in [0.05, 0.1) is 5.60 Å². The fraction of sp³-hybridized carbons (Fsp3) is 0.500. The summed E-state index contributed by atoms with van der Waals surface area (Å²) in [6.07, 6.45) is 0.716. The number of aliphatic hydroxyl groups is 1. The molecule has 0 bridgehead atoms. The Bertz CT molecular complexity index is 294. The average Bonchev–Trinajstić information content (AvgIpc) is 1.94. The number of benzene rings is 1. The summed E-state index contributed by atoms with van der Waals surface area (Å²) in [6, 6.07) is 6.34. The Balaban J connectivity index is 2.86. The summed E-state index contributed by atoms with van der Waals surface area (Å²) in [5.74, 6) is 0. The third-order valence-electron chi connectivity index (χ3n) is 2.21. The molecule has 1 aromatic rings. The zero-order chi connectivity index (χ0) is 10.1. The molecule has 0 amide bonds. The molecule has 1 N–H and O–H groups in total. The second-order valence-corrected chi connectivity index (χ2v) is 4.41. The monoisotopic (exact) mass is 178 g/mol. The molecule has 0 aliphatic carbocycles. The summed E-state index contributed by atoms with van der Waals surface area (Å²) in [5.41, 5.74) is 3.19. The van der Waals surface area contributed by atoms with Crippen LogP contribution in [-0.4, -0.2) is 10.7 Å². The first-order chi connectivity index (χ1) is 5.88. The van der Waals surface area contributed by atoms with Crippen molar-refractivity contribution in [3.05, 3.63) is 34.9 Å². The van der Waals surface area contributed by atoms with E-state index in [0.29, 0.717) is 6.42 Å². The van der Waals surface area contributed by atoms with Gasteiger partial charge in [0, 0.05) is 6.42 Å². The Kier molecular flexibility index (Phi) is 2.77. The fourth-order valence-corrected chi connectivity index (χ4v) is 1.41. The van der Waals surface area contributed by atoms with E-state index in [4.69, 9.17) is 0 Å². The lowest BCUT2D eigenvalue weighted by molar-refractivity contribution is 0.0810. The Morgan fingerprint density at radius 1 is 1.15 bits per heavy atom. The Labute approximate surface area is 80.4 Å². The first kappa shape index (κ1) is 10.3. The summed E-state index contributed by atoms with van der Waals surface area (Å²) < 4.78 is 0. The average molecular weight is 178 g/mol. The largest absolute Gasteiger partial charge is 0.390 e. The molecule has 0 unspecified atom stereocenters. The maximum atomic E-state index is 9.63. The lowest BCUT2D eigenvalue weighted by Gasteiger charge is -2.17. The third kappa shape index (κ3) is 3.19. The minimum absolute atomic E-state index is 0.609. The van der Waals surface area contributed by atoms with E-state index in [0.717, 1.165) is 0 Å². The van der Waals surface area contributed by atoms with Crippen LogP contribution >= 0.6 is 0 Å². The molecule has 0 aliphatic rings. The van der Waals surface area contributed by atoms with Crippen molar-refractivity contribution < 1.29 is 5.11 Å². The highest BCUT2D eigenvalue weighted by molar-refractivity contribution is 5.30. The van der Waals surface area contributed by atoms with Gasteiger partial charge in [-0.1, -0.05) is 18.2 Å². The molecule has 0 saturated carbocycles. The van der Waals surface area contributed by atoms with Crippen molar-refractivity contribution in [1.82, 2.24) is 0 Å². The van der Waals surface area contributed by atoms with Gasteiger partial charge >= 0.3 is 0 Å². The first-order valence-corrected chi connectivity index (χ1v) is 4.67. The SMILES string of the molecule is Cc1ccc(CC(C)(C)O)cc1C. The number of aryl methyl sites for hydroxylation is 2. The van der Waals surface area contributed by atoms with E-state index in [1.54, 1.807) is 0 Å². The van der Waals surface area contributed by atoms with Crippen LogP contribution in [0.25, 0.3) is 0 Å². The van der Waals surface area contributed by atoms with Crippen LogP contribution in [0.15, 0.2) is 18.2 Å². The maximum Gasteiger partial charge on any atom is 0.0631 e. The maximum absolute atomic E-state index is 9.63. The van der Waals surface area contributed by atoms with Crippen LogP contribution in [-0.2, 0) is 6.42 Å². The molecule has 0 saturated heterocycles. The minimum Gasteiger partial charge on any atom is -0.390 e. The molecular weight excluding hydrogens is 160 g/mol. The van der Waals surface area contributed by atoms with E-state index >= 15 is 0 Å². The number of rotatable bonds is 2. The fourth-order valence-electron chi connectivity index (χ4n) is 1.41. The standard InChI is InChI=1S/C12H18O/c1-9-5-6-11(7-10(9)2)8-12(3,4)13/h5-7,13H,8H2,1-4H3. The van der Waals surface area contributed by atoms with Gasteiger partial charge in [-0.15, -0.1) is 0 Å². The molecule has 1 heteroatoms. The highest BCUT2D eigenvalue weighted by Gasteiger charge is 2.13. The van der Waals surface area contributed by atoms with Gasteiger partial charge in [-0.3, -0.25) is 0 Å². The van der Waals surface area contributed by atoms with Crippen LogP contribution < -0.4 is 0 Å². The summed E-state index contributed by atoms with van der Waals surface area (Å²) in [7, 11) is 0. The first-order valence-electron chi connectivity index (χ1n) is 4.67. The second kappa shape index (κ2) is 3.51. The van der Waals surface area contributed by atoms with Crippen molar-refractivity contribution in [1.29, 1.82) is 0 Å². The Morgan fingerprint density at radius 2 is 1.77 bits per heavy atom. The summed E-state index contributed by atoms with van der Waals surface area (Å²) in [6.45, 7) is 7.87. The van der Waals surface area contributed by atoms with Gasteiger partial charge in [0.25, 0.3) is 0 Å². The van der Waals surface area contributed by atoms with Crippen LogP contribution in [0, 0.1) is 13.8 Å². The zero-order valence-electron chi connectivity index (χ0n) is 8.89. The van der Waals surface area contributed by atoms with Gasteiger partial charge in [-0.05, 0) is 44.4 Å². The molecule has 0 aromatic heterocycles. The van der Waals surface area contributed by atoms with E-state index in [2.05, 4.69) is 32.0 Å². The second-order valence-electron chi connectivity index (χ2n) is 4.41. The van der Waals surface area contributed by atoms with Gasteiger partial charge in [0.2, 0.25) is 0 Å². The van der Waals surface area contributed by atoms with Crippen LogP contribution in [0.1, 0.15) is 30.5 Å². The molecule has 1 rings (SSSR count). The van der Waals surface area contributed by atoms with Crippen LogP contribution in [0.4, 0.5) is 0 Å². The molecule has 0 aliphatic heterocycles. The topological polar surface area (TPSA) is 20.2 Å². The molecule has 0 radical (unpaired) electrons. The van der Waals surface area contributed by atoms with Crippen molar-refractivity contribution in [3.63, 3.8) is 0 Å². The molecule has 0 fully saturated rings.